The summed E-state index contributed by atoms with van der Waals surface area (Å²) in [6, 6.07) is 7.68. The highest BCUT2D eigenvalue weighted by Crippen LogP contribution is 2.45. The van der Waals surface area contributed by atoms with Gasteiger partial charge in [0.15, 0.2) is 0 Å². The molecule has 0 radical (unpaired) electrons. The number of urea groups is 1. The summed E-state index contributed by atoms with van der Waals surface area (Å²) in [7, 11) is 0. The van der Waals surface area contributed by atoms with E-state index in [-0.39, 0.29) is 23.6 Å². The fourth-order valence-corrected chi connectivity index (χ4v) is 5.71. The van der Waals surface area contributed by atoms with Crippen molar-refractivity contribution in [3.63, 3.8) is 0 Å². The molecule has 2 N–H and O–H groups in total. The van der Waals surface area contributed by atoms with Gasteiger partial charge in [-0.1, -0.05) is 58.7 Å². The zero-order valence-electron chi connectivity index (χ0n) is 18.9. The van der Waals surface area contributed by atoms with E-state index < -0.39 is 11.4 Å². The molecule has 6 nitrogen and oxygen atoms in total. The van der Waals surface area contributed by atoms with Gasteiger partial charge >= 0.3 is 12.0 Å². The minimum Gasteiger partial charge on any atom is -0.478 e. The lowest BCUT2D eigenvalue weighted by atomic mass is 9.72. The maximum Gasteiger partial charge on any atom is 0.339 e. The zero-order valence-corrected chi connectivity index (χ0v) is 18.9. The number of amides is 2. The maximum absolute atomic E-state index is 13.8. The van der Waals surface area contributed by atoms with E-state index in [2.05, 4.69) is 32.7 Å². The number of aromatic amines is 1. The van der Waals surface area contributed by atoms with Crippen LogP contribution >= 0.6 is 0 Å². The van der Waals surface area contributed by atoms with Gasteiger partial charge in [-0.05, 0) is 30.4 Å². The van der Waals surface area contributed by atoms with Gasteiger partial charge in [0.05, 0.1) is 11.3 Å². The molecule has 166 valence electrons. The molecule has 1 aromatic carbocycles. The van der Waals surface area contributed by atoms with Crippen molar-refractivity contribution in [3.05, 3.63) is 41.7 Å². The quantitative estimate of drug-likeness (QED) is 0.696. The second kappa shape index (κ2) is 8.06. The van der Waals surface area contributed by atoms with Gasteiger partial charge in [-0.3, -0.25) is 4.90 Å². The summed E-state index contributed by atoms with van der Waals surface area (Å²) >= 11 is 0. The van der Waals surface area contributed by atoms with Crippen LogP contribution in [0, 0.1) is 5.92 Å². The Bertz CT molecular complexity index is 1030. The van der Waals surface area contributed by atoms with Crippen molar-refractivity contribution in [2.24, 2.45) is 5.92 Å². The number of carboxylic acid groups (broad SMARTS) is 1. The van der Waals surface area contributed by atoms with Crippen molar-refractivity contribution in [3.8, 4) is 0 Å². The van der Waals surface area contributed by atoms with E-state index in [1.54, 1.807) is 11.1 Å². The number of nitrogens with one attached hydrogen (secondary N) is 1. The van der Waals surface area contributed by atoms with Gasteiger partial charge in [0.2, 0.25) is 0 Å². The molecule has 31 heavy (non-hydrogen) atoms. The number of H-pyrrole nitrogens is 1. The summed E-state index contributed by atoms with van der Waals surface area (Å²) in [6.45, 7) is 9.96. The fraction of sp³-hybridized carbons (Fsp3) is 0.520. The van der Waals surface area contributed by atoms with Crippen molar-refractivity contribution in [1.82, 2.24) is 14.8 Å². The first-order valence-electron chi connectivity index (χ1n) is 11.4. The molecule has 1 atom stereocenters. The van der Waals surface area contributed by atoms with E-state index >= 15 is 0 Å². The number of carboxylic acids is 1. The van der Waals surface area contributed by atoms with Crippen molar-refractivity contribution < 1.29 is 14.7 Å². The SMILES string of the molecule is CC(C)C1N(C(=O)N2CCCCCC2)C=C(C(=O)O)c2[nH]c3ccccc3c2C1(C)C. The summed E-state index contributed by atoms with van der Waals surface area (Å²) in [5.41, 5.74) is 2.18. The molecule has 1 unspecified atom stereocenters. The van der Waals surface area contributed by atoms with E-state index in [0.29, 0.717) is 5.69 Å². The third kappa shape index (κ3) is 3.62. The Morgan fingerprint density at radius 2 is 1.74 bits per heavy atom. The molecular formula is C25H33N3O3. The third-order valence-electron chi connectivity index (χ3n) is 6.89. The van der Waals surface area contributed by atoms with Gasteiger partial charge < -0.3 is 15.0 Å². The van der Waals surface area contributed by atoms with E-state index in [1.165, 1.54) is 0 Å². The molecule has 2 aromatic rings. The first-order valence-corrected chi connectivity index (χ1v) is 11.4. The molecule has 0 spiro atoms. The number of rotatable bonds is 2. The van der Waals surface area contributed by atoms with Crippen LogP contribution in [-0.2, 0) is 10.2 Å². The Hall–Kier alpha value is -2.76. The highest BCUT2D eigenvalue weighted by atomic mass is 16.4. The number of benzene rings is 1. The molecular weight excluding hydrogens is 390 g/mol. The predicted octanol–water partition coefficient (Wildman–Crippen LogP) is 5.21. The molecule has 0 saturated carbocycles. The zero-order chi connectivity index (χ0) is 22.3. The predicted molar refractivity (Wildman–Crippen MR) is 123 cm³/mol. The van der Waals surface area contributed by atoms with Gasteiger partial charge in [0.25, 0.3) is 0 Å². The highest BCUT2D eigenvalue weighted by Gasteiger charge is 2.46. The molecule has 4 rings (SSSR count). The van der Waals surface area contributed by atoms with E-state index in [1.807, 2.05) is 29.2 Å². The van der Waals surface area contributed by atoms with Crippen LogP contribution in [0.25, 0.3) is 16.5 Å². The standard InChI is InChI=1S/C25H33N3O3/c1-16(2)22-25(3,4)20-17-11-7-8-12-19(17)26-21(20)18(23(29)30)15-28(22)24(31)27-13-9-5-6-10-14-27/h7-8,11-12,15-16,22,26H,5-6,9-10,13-14H2,1-4H3,(H,29,30). The van der Waals surface area contributed by atoms with Gasteiger partial charge in [-0.15, -0.1) is 0 Å². The normalized spacial score (nSPS) is 21.5. The first-order chi connectivity index (χ1) is 14.7. The van der Waals surface area contributed by atoms with Crippen LogP contribution in [-0.4, -0.2) is 51.0 Å². The first kappa shape index (κ1) is 21.5. The number of aromatic nitrogens is 1. The number of fused-ring (bicyclic) bond motifs is 3. The van der Waals surface area contributed by atoms with Crippen molar-refractivity contribution in [2.75, 3.05) is 13.1 Å². The molecule has 1 fully saturated rings. The van der Waals surface area contributed by atoms with Crippen molar-refractivity contribution in [2.45, 2.75) is 64.8 Å². The van der Waals surface area contributed by atoms with Crippen molar-refractivity contribution in [1.29, 1.82) is 0 Å². The average Bonchev–Trinajstić information content (AvgIpc) is 2.85. The minimum atomic E-state index is -1.03. The summed E-state index contributed by atoms with van der Waals surface area (Å²) in [6.07, 6.45) is 5.84. The van der Waals surface area contributed by atoms with Gasteiger partial charge in [0.1, 0.15) is 0 Å². The van der Waals surface area contributed by atoms with Crippen LogP contribution in [0.3, 0.4) is 0 Å². The average molecular weight is 424 g/mol. The fourth-order valence-electron chi connectivity index (χ4n) is 5.71. The summed E-state index contributed by atoms with van der Waals surface area (Å²) < 4.78 is 0. The second-order valence-corrected chi connectivity index (χ2v) is 9.77. The minimum absolute atomic E-state index is 0.0816. The summed E-state index contributed by atoms with van der Waals surface area (Å²) in [5.74, 6) is -0.890. The topological polar surface area (TPSA) is 76.6 Å². The van der Waals surface area contributed by atoms with Gasteiger partial charge in [-0.25, -0.2) is 9.59 Å². The molecule has 2 amide bonds. The van der Waals surface area contributed by atoms with Crippen LogP contribution in [0.1, 0.15) is 64.6 Å². The second-order valence-electron chi connectivity index (χ2n) is 9.77. The van der Waals surface area contributed by atoms with Crippen LogP contribution in [0.15, 0.2) is 30.5 Å². The summed E-state index contributed by atoms with van der Waals surface area (Å²) in [4.78, 5) is 33.1. The molecule has 0 bridgehead atoms. The highest BCUT2D eigenvalue weighted by molar-refractivity contribution is 6.17. The Morgan fingerprint density at radius 1 is 1.10 bits per heavy atom. The molecule has 1 saturated heterocycles. The molecule has 3 heterocycles. The van der Waals surface area contributed by atoms with Crippen molar-refractivity contribution >= 4 is 28.5 Å². The monoisotopic (exact) mass is 423 g/mol. The van der Waals surface area contributed by atoms with Crippen LogP contribution in [0.2, 0.25) is 0 Å². The number of carbonyl (C=O) groups excluding carboxylic acids is 1. The Labute approximate surface area is 183 Å². The largest absolute Gasteiger partial charge is 0.478 e. The molecule has 2 aliphatic heterocycles. The Morgan fingerprint density at radius 3 is 2.35 bits per heavy atom. The number of likely N-dealkylation sites (tertiary alicyclic amines) is 1. The van der Waals surface area contributed by atoms with E-state index in [4.69, 9.17) is 0 Å². The lowest BCUT2D eigenvalue weighted by Crippen LogP contribution is -2.54. The molecule has 2 aliphatic rings. The number of para-hydroxylation sites is 1. The Balaban J connectivity index is 1.93. The van der Waals surface area contributed by atoms with Gasteiger partial charge in [-0.2, -0.15) is 0 Å². The Kier molecular flexibility index (Phi) is 5.58. The van der Waals surface area contributed by atoms with E-state index in [9.17, 15) is 14.7 Å². The number of nitrogens with zero attached hydrogens (tertiary/aromatic N) is 2. The lowest BCUT2D eigenvalue weighted by Gasteiger charge is -2.44. The third-order valence-corrected chi connectivity index (χ3v) is 6.89. The van der Waals surface area contributed by atoms with Crippen LogP contribution < -0.4 is 0 Å². The number of carbonyl (C=O) groups is 2. The maximum atomic E-state index is 13.8. The van der Waals surface area contributed by atoms with E-state index in [0.717, 1.165) is 55.2 Å². The van der Waals surface area contributed by atoms with Crippen LogP contribution in [0.5, 0.6) is 0 Å². The molecule has 0 aliphatic carbocycles. The number of hydrogen-bond donors (Lipinski definition) is 2. The number of aliphatic carboxylic acids is 1. The summed E-state index contributed by atoms with van der Waals surface area (Å²) in [5, 5.41) is 11.2. The molecule has 6 heteroatoms. The van der Waals surface area contributed by atoms with Crippen LogP contribution in [0.4, 0.5) is 4.79 Å². The lowest BCUT2D eigenvalue weighted by molar-refractivity contribution is -0.130. The smallest absolute Gasteiger partial charge is 0.339 e. The van der Waals surface area contributed by atoms with Gasteiger partial charge in [0, 0.05) is 41.6 Å². The number of hydrogen-bond acceptors (Lipinski definition) is 2. The molecule has 1 aromatic heterocycles.